The second-order valence-corrected chi connectivity index (χ2v) is 3.42. The van der Waals surface area contributed by atoms with Gasteiger partial charge in [0.15, 0.2) is 0 Å². The highest BCUT2D eigenvalue weighted by atomic mass is 35.5. The molecule has 0 amide bonds. The molecule has 0 atom stereocenters. The van der Waals surface area contributed by atoms with Gasteiger partial charge in [-0.1, -0.05) is 23.2 Å². The minimum absolute atomic E-state index is 0.411. The van der Waals surface area contributed by atoms with Crippen LogP contribution in [0.2, 0.25) is 10.0 Å². The third-order valence-corrected chi connectivity index (χ3v) is 2.28. The summed E-state index contributed by atoms with van der Waals surface area (Å²) >= 11 is 11.5. The van der Waals surface area contributed by atoms with Crippen molar-refractivity contribution in [2.24, 2.45) is 0 Å². The molecule has 0 fully saturated rings. The van der Waals surface area contributed by atoms with Crippen LogP contribution in [0.1, 0.15) is 6.42 Å². The molecule has 0 aliphatic carbocycles. The summed E-state index contributed by atoms with van der Waals surface area (Å²) in [6.07, 6.45) is 5.60. The topological polar surface area (TPSA) is 35.2 Å². The minimum atomic E-state index is 0.411. The molecule has 1 aromatic carbocycles. The van der Waals surface area contributed by atoms with E-state index in [0.29, 0.717) is 34.5 Å². The zero-order valence-corrected chi connectivity index (χ0v) is 8.90. The van der Waals surface area contributed by atoms with Crippen LogP contribution in [0.4, 0.5) is 5.69 Å². The van der Waals surface area contributed by atoms with E-state index in [1.807, 2.05) is 0 Å². The first-order valence-electron chi connectivity index (χ1n) is 3.96. The molecular formula is C10H9Cl2NO. The zero-order chi connectivity index (χ0) is 10.6. The third-order valence-electron chi connectivity index (χ3n) is 1.56. The van der Waals surface area contributed by atoms with Crippen molar-refractivity contribution < 1.29 is 4.74 Å². The Morgan fingerprint density at radius 1 is 1.36 bits per heavy atom. The lowest BCUT2D eigenvalue weighted by atomic mass is 10.3. The molecule has 0 saturated carbocycles. The van der Waals surface area contributed by atoms with Crippen LogP contribution >= 0.6 is 23.2 Å². The van der Waals surface area contributed by atoms with E-state index in [4.69, 9.17) is 40.1 Å². The van der Waals surface area contributed by atoms with Crippen molar-refractivity contribution in [1.29, 1.82) is 0 Å². The van der Waals surface area contributed by atoms with E-state index < -0.39 is 0 Å². The lowest BCUT2D eigenvalue weighted by Crippen LogP contribution is -1.99. The largest absolute Gasteiger partial charge is 0.490 e. The van der Waals surface area contributed by atoms with Gasteiger partial charge in [-0.3, -0.25) is 0 Å². The van der Waals surface area contributed by atoms with Crippen LogP contribution < -0.4 is 10.5 Å². The molecule has 0 unspecified atom stereocenters. The average Bonchev–Trinajstić information content (AvgIpc) is 2.14. The van der Waals surface area contributed by atoms with Gasteiger partial charge in [0.05, 0.1) is 22.3 Å². The molecule has 0 aliphatic rings. The molecule has 0 saturated heterocycles. The molecule has 0 spiro atoms. The van der Waals surface area contributed by atoms with Crippen LogP contribution in [-0.2, 0) is 0 Å². The highest BCUT2D eigenvalue weighted by Crippen LogP contribution is 2.32. The molecule has 2 nitrogen and oxygen atoms in total. The summed E-state index contributed by atoms with van der Waals surface area (Å²) in [6, 6.07) is 3.13. The number of ether oxygens (including phenoxy) is 1. The van der Waals surface area contributed by atoms with E-state index in [2.05, 4.69) is 5.92 Å². The Morgan fingerprint density at radius 3 is 2.64 bits per heavy atom. The molecule has 74 valence electrons. The molecule has 0 aromatic heterocycles. The van der Waals surface area contributed by atoms with Crippen LogP contribution in [0, 0.1) is 12.3 Å². The summed E-state index contributed by atoms with van der Waals surface area (Å²) in [5.41, 5.74) is 6.11. The summed E-state index contributed by atoms with van der Waals surface area (Å²) in [4.78, 5) is 0. The summed E-state index contributed by atoms with van der Waals surface area (Å²) in [5.74, 6) is 2.97. The molecule has 0 bridgehead atoms. The Kier molecular flexibility index (Phi) is 3.94. The van der Waals surface area contributed by atoms with Crippen LogP contribution in [0.5, 0.6) is 5.75 Å². The van der Waals surface area contributed by atoms with E-state index in [9.17, 15) is 0 Å². The maximum atomic E-state index is 5.79. The van der Waals surface area contributed by atoms with Crippen LogP contribution in [0.3, 0.4) is 0 Å². The molecule has 4 heteroatoms. The summed E-state index contributed by atoms with van der Waals surface area (Å²) in [6.45, 7) is 0.415. The first-order chi connectivity index (χ1) is 6.65. The van der Waals surface area contributed by atoms with E-state index in [-0.39, 0.29) is 0 Å². The molecule has 2 N–H and O–H groups in total. The van der Waals surface area contributed by atoms with Gasteiger partial charge in [0.25, 0.3) is 0 Å². The number of benzene rings is 1. The van der Waals surface area contributed by atoms with Gasteiger partial charge in [-0.2, -0.15) is 0 Å². The molecule has 0 radical (unpaired) electrons. The van der Waals surface area contributed by atoms with Crippen LogP contribution in [0.25, 0.3) is 0 Å². The molecule has 0 aliphatic heterocycles. The second kappa shape index (κ2) is 4.99. The van der Waals surface area contributed by atoms with Crippen molar-refractivity contribution in [2.75, 3.05) is 12.3 Å². The zero-order valence-electron chi connectivity index (χ0n) is 7.39. The van der Waals surface area contributed by atoms with E-state index >= 15 is 0 Å². The Bertz CT molecular complexity index is 371. The Morgan fingerprint density at radius 2 is 2.00 bits per heavy atom. The van der Waals surface area contributed by atoms with Gasteiger partial charge in [-0.25, -0.2) is 0 Å². The fraction of sp³-hybridized carbons (Fsp3) is 0.200. The van der Waals surface area contributed by atoms with Gasteiger partial charge in [0.1, 0.15) is 5.75 Å². The van der Waals surface area contributed by atoms with E-state index in [1.165, 1.54) is 0 Å². The minimum Gasteiger partial charge on any atom is -0.490 e. The number of halogens is 2. The van der Waals surface area contributed by atoms with Gasteiger partial charge >= 0.3 is 0 Å². The van der Waals surface area contributed by atoms with E-state index in [1.54, 1.807) is 12.1 Å². The highest BCUT2D eigenvalue weighted by Gasteiger charge is 2.05. The number of nitrogen functional groups attached to an aromatic ring is 1. The smallest absolute Gasteiger partial charge is 0.143 e. The Labute approximate surface area is 93.0 Å². The standard InChI is InChI=1S/C10H9Cl2NO/c1-2-3-4-14-10-6-8(12)7(11)5-9(10)13/h1,5-6H,3-4,13H2. The number of nitrogens with two attached hydrogens (primary N) is 1. The number of rotatable bonds is 3. The maximum Gasteiger partial charge on any atom is 0.143 e. The predicted molar refractivity (Wildman–Crippen MR) is 59.8 cm³/mol. The molecule has 0 heterocycles. The van der Waals surface area contributed by atoms with Gasteiger partial charge in [0.2, 0.25) is 0 Å². The monoisotopic (exact) mass is 229 g/mol. The lowest BCUT2D eigenvalue weighted by molar-refractivity contribution is 0.329. The van der Waals surface area contributed by atoms with Gasteiger partial charge < -0.3 is 10.5 Å². The van der Waals surface area contributed by atoms with Crippen molar-refractivity contribution in [3.8, 4) is 18.1 Å². The van der Waals surface area contributed by atoms with E-state index in [0.717, 1.165) is 0 Å². The first kappa shape index (κ1) is 11.0. The summed E-state index contributed by atoms with van der Waals surface area (Å²) < 4.78 is 5.30. The van der Waals surface area contributed by atoms with Gasteiger partial charge in [-0.05, 0) is 6.07 Å². The Hall–Kier alpha value is -1.04. The van der Waals surface area contributed by atoms with Gasteiger partial charge in [0, 0.05) is 12.5 Å². The SMILES string of the molecule is C#CCCOc1cc(Cl)c(Cl)cc1N. The van der Waals surface area contributed by atoms with Crippen molar-refractivity contribution >= 4 is 28.9 Å². The highest BCUT2D eigenvalue weighted by molar-refractivity contribution is 6.42. The average molecular weight is 230 g/mol. The van der Waals surface area contributed by atoms with Crippen molar-refractivity contribution in [2.45, 2.75) is 6.42 Å². The number of hydrogen-bond acceptors (Lipinski definition) is 2. The number of anilines is 1. The predicted octanol–water partition coefficient (Wildman–Crippen LogP) is 2.98. The molecule has 1 aromatic rings. The van der Waals surface area contributed by atoms with Crippen LogP contribution in [0.15, 0.2) is 12.1 Å². The second-order valence-electron chi connectivity index (χ2n) is 2.61. The maximum absolute atomic E-state index is 5.79. The normalized spacial score (nSPS) is 9.50. The molecule has 14 heavy (non-hydrogen) atoms. The summed E-state index contributed by atoms with van der Waals surface area (Å²) in [5, 5.41) is 0.824. The fourth-order valence-corrected chi connectivity index (χ4v) is 1.21. The Balaban J connectivity index is 2.78. The summed E-state index contributed by atoms with van der Waals surface area (Å²) in [7, 11) is 0. The van der Waals surface area contributed by atoms with Crippen molar-refractivity contribution in [1.82, 2.24) is 0 Å². The number of hydrogen-bond donors (Lipinski definition) is 1. The van der Waals surface area contributed by atoms with Gasteiger partial charge in [-0.15, -0.1) is 12.3 Å². The molecule has 1 rings (SSSR count). The number of terminal acetylenes is 1. The lowest BCUT2D eigenvalue weighted by Gasteiger charge is -2.08. The fourth-order valence-electron chi connectivity index (χ4n) is 0.889. The van der Waals surface area contributed by atoms with Crippen molar-refractivity contribution in [3.05, 3.63) is 22.2 Å². The molecular weight excluding hydrogens is 221 g/mol. The first-order valence-corrected chi connectivity index (χ1v) is 4.71. The van der Waals surface area contributed by atoms with Crippen molar-refractivity contribution in [3.63, 3.8) is 0 Å². The van der Waals surface area contributed by atoms with Crippen LogP contribution in [-0.4, -0.2) is 6.61 Å². The third kappa shape index (κ3) is 2.73. The quantitative estimate of drug-likeness (QED) is 0.492.